The zero-order valence-corrected chi connectivity index (χ0v) is 8.41. The summed E-state index contributed by atoms with van der Waals surface area (Å²) in [5.74, 6) is 0.848. The first-order chi connectivity index (χ1) is 6.27. The molecule has 0 radical (unpaired) electrons. The topological polar surface area (TPSA) is 39.2 Å². The van der Waals surface area contributed by atoms with Gasteiger partial charge in [-0.05, 0) is 46.3 Å². The first-order valence-electron chi connectivity index (χ1n) is 3.86. The van der Waals surface area contributed by atoms with Crippen molar-refractivity contribution in [3.8, 4) is 11.3 Å². The summed E-state index contributed by atoms with van der Waals surface area (Å²) < 4.78 is 6.14. The SMILES string of the molecule is Nc1ccc(-c2ccco2)cc1Br. The van der Waals surface area contributed by atoms with Gasteiger partial charge in [0.2, 0.25) is 0 Å². The maximum Gasteiger partial charge on any atom is 0.133 e. The first kappa shape index (κ1) is 8.38. The summed E-state index contributed by atoms with van der Waals surface area (Å²) in [5, 5.41) is 0. The van der Waals surface area contributed by atoms with E-state index in [1.165, 1.54) is 0 Å². The Bertz CT molecular complexity index is 409. The lowest BCUT2D eigenvalue weighted by Crippen LogP contribution is -1.85. The minimum atomic E-state index is 0.732. The van der Waals surface area contributed by atoms with Crippen LogP contribution in [0.1, 0.15) is 0 Å². The largest absolute Gasteiger partial charge is 0.464 e. The second kappa shape index (κ2) is 3.26. The molecule has 1 heterocycles. The predicted octanol–water partition coefficient (Wildman–Crippen LogP) is 3.29. The fourth-order valence-electron chi connectivity index (χ4n) is 1.12. The van der Waals surface area contributed by atoms with Crippen LogP contribution in [0.3, 0.4) is 0 Å². The van der Waals surface area contributed by atoms with Crippen LogP contribution >= 0.6 is 15.9 Å². The monoisotopic (exact) mass is 237 g/mol. The number of furan rings is 1. The molecule has 2 rings (SSSR count). The number of anilines is 1. The molecule has 1 aromatic carbocycles. The van der Waals surface area contributed by atoms with Crippen LogP contribution in [0.5, 0.6) is 0 Å². The maximum absolute atomic E-state index is 5.66. The molecule has 0 aliphatic carbocycles. The van der Waals surface area contributed by atoms with Crippen molar-refractivity contribution < 1.29 is 4.42 Å². The van der Waals surface area contributed by atoms with E-state index in [2.05, 4.69) is 15.9 Å². The normalized spacial score (nSPS) is 10.2. The molecule has 0 unspecified atom stereocenters. The molecule has 0 bridgehead atoms. The summed E-state index contributed by atoms with van der Waals surface area (Å²) in [4.78, 5) is 0. The van der Waals surface area contributed by atoms with Gasteiger partial charge in [-0.3, -0.25) is 0 Å². The second-order valence-electron chi connectivity index (χ2n) is 2.71. The lowest BCUT2D eigenvalue weighted by Gasteiger charge is -2.00. The Labute approximate surface area is 84.5 Å². The standard InChI is InChI=1S/C10H8BrNO/c11-8-6-7(3-4-9(8)12)10-2-1-5-13-10/h1-6H,12H2. The summed E-state index contributed by atoms with van der Waals surface area (Å²) in [6.07, 6.45) is 1.65. The van der Waals surface area contributed by atoms with Crippen molar-refractivity contribution in [2.75, 3.05) is 5.73 Å². The zero-order valence-electron chi connectivity index (χ0n) is 6.83. The van der Waals surface area contributed by atoms with Gasteiger partial charge in [-0.25, -0.2) is 0 Å². The highest BCUT2D eigenvalue weighted by Gasteiger charge is 2.02. The molecule has 2 nitrogen and oxygen atoms in total. The van der Waals surface area contributed by atoms with E-state index in [1.807, 2.05) is 30.3 Å². The van der Waals surface area contributed by atoms with Gasteiger partial charge in [0.15, 0.2) is 0 Å². The van der Waals surface area contributed by atoms with Crippen LogP contribution in [0.2, 0.25) is 0 Å². The van der Waals surface area contributed by atoms with Gasteiger partial charge in [0.25, 0.3) is 0 Å². The average Bonchev–Trinajstić information content (AvgIpc) is 2.62. The number of hydrogen-bond acceptors (Lipinski definition) is 2. The van der Waals surface area contributed by atoms with Crippen LogP contribution in [-0.2, 0) is 0 Å². The molecule has 2 N–H and O–H groups in total. The van der Waals surface area contributed by atoms with Crippen molar-refractivity contribution in [2.24, 2.45) is 0 Å². The molecule has 0 fully saturated rings. The summed E-state index contributed by atoms with van der Waals surface area (Å²) >= 11 is 3.36. The van der Waals surface area contributed by atoms with E-state index in [0.29, 0.717) is 0 Å². The van der Waals surface area contributed by atoms with E-state index in [-0.39, 0.29) is 0 Å². The van der Waals surface area contributed by atoms with Crippen molar-refractivity contribution >= 4 is 21.6 Å². The van der Waals surface area contributed by atoms with E-state index >= 15 is 0 Å². The Kier molecular flexibility index (Phi) is 2.10. The van der Waals surface area contributed by atoms with Crippen molar-refractivity contribution in [1.29, 1.82) is 0 Å². The van der Waals surface area contributed by atoms with Crippen LogP contribution in [0.15, 0.2) is 45.5 Å². The number of rotatable bonds is 1. The van der Waals surface area contributed by atoms with E-state index in [9.17, 15) is 0 Å². The summed E-state index contributed by atoms with van der Waals surface area (Å²) in [7, 11) is 0. The summed E-state index contributed by atoms with van der Waals surface area (Å²) in [5.41, 5.74) is 7.42. The smallest absolute Gasteiger partial charge is 0.133 e. The number of nitrogens with two attached hydrogens (primary N) is 1. The van der Waals surface area contributed by atoms with Crippen LogP contribution < -0.4 is 5.73 Å². The lowest BCUT2D eigenvalue weighted by atomic mass is 10.1. The minimum absolute atomic E-state index is 0.732. The van der Waals surface area contributed by atoms with Crippen molar-refractivity contribution in [3.63, 3.8) is 0 Å². The third-order valence-electron chi connectivity index (χ3n) is 1.81. The number of benzene rings is 1. The fourth-order valence-corrected chi connectivity index (χ4v) is 1.50. The second-order valence-corrected chi connectivity index (χ2v) is 3.57. The van der Waals surface area contributed by atoms with Gasteiger partial charge in [-0.2, -0.15) is 0 Å². The first-order valence-corrected chi connectivity index (χ1v) is 4.65. The molecule has 0 amide bonds. The molecule has 3 heteroatoms. The van der Waals surface area contributed by atoms with Gasteiger partial charge in [-0.15, -0.1) is 0 Å². The Morgan fingerprint density at radius 2 is 2.08 bits per heavy atom. The quantitative estimate of drug-likeness (QED) is 0.774. The molecular weight excluding hydrogens is 230 g/mol. The zero-order chi connectivity index (χ0) is 9.26. The Morgan fingerprint density at radius 1 is 1.23 bits per heavy atom. The highest BCUT2D eigenvalue weighted by Crippen LogP contribution is 2.27. The molecular formula is C10H8BrNO. The Morgan fingerprint density at radius 3 is 2.69 bits per heavy atom. The van der Waals surface area contributed by atoms with Gasteiger partial charge in [0, 0.05) is 15.7 Å². The molecule has 66 valence electrons. The van der Waals surface area contributed by atoms with Crippen LogP contribution in [0, 0.1) is 0 Å². The van der Waals surface area contributed by atoms with Gasteiger partial charge < -0.3 is 10.2 Å². The van der Waals surface area contributed by atoms with Crippen molar-refractivity contribution in [2.45, 2.75) is 0 Å². The van der Waals surface area contributed by atoms with Crippen LogP contribution in [0.4, 0.5) is 5.69 Å². The van der Waals surface area contributed by atoms with E-state index in [4.69, 9.17) is 10.2 Å². The van der Waals surface area contributed by atoms with E-state index < -0.39 is 0 Å². The molecule has 13 heavy (non-hydrogen) atoms. The number of halogens is 1. The number of hydrogen-bond donors (Lipinski definition) is 1. The van der Waals surface area contributed by atoms with Gasteiger partial charge in [-0.1, -0.05) is 0 Å². The molecule has 0 atom stereocenters. The Hall–Kier alpha value is -1.22. The fraction of sp³-hybridized carbons (Fsp3) is 0. The lowest BCUT2D eigenvalue weighted by molar-refractivity contribution is 0.582. The highest BCUT2D eigenvalue weighted by atomic mass is 79.9. The van der Waals surface area contributed by atoms with E-state index in [0.717, 1.165) is 21.5 Å². The molecule has 1 aromatic heterocycles. The van der Waals surface area contributed by atoms with Gasteiger partial charge in [0.05, 0.1) is 6.26 Å². The molecule has 0 aliphatic rings. The Balaban J connectivity index is 2.49. The predicted molar refractivity (Wildman–Crippen MR) is 56.3 cm³/mol. The average molecular weight is 238 g/mol. The summed E-state index contributed by atoms with van der Waals surface area (Å²) in [6, 6.07) is 9.49. The number of nitrogen functional groups attached to an aromatic ring is 1. The third-order valence-corrected chi connectivity index (χ3v) is 2.49. The van der Waals surface area contributed by atoms with E-state index in [1.54, 1.807) is 6.26 Å². The van der Waals surface area contributed by atoms with Gasteiger partial charge in [0.1, 0.15) is 5.76 Å². The highest BCUT2D eigenvalue weighted by molar-refractivity contribution is 9.10. The summed E-state index contributed by atoms with van der Waals surface area (Å²) in [6.45, 7) is 0. The van der Waals surface area contributed by atoms with Crippen molar-refractivity contribution in [3.05, 3.63) is 41.1 Å². The van der Waals surface area contributed by atoms with Crippen LogP contribution in [-0.4, -0.2) is 0 Å². The van der Waals surface area contributed by atoms with Gasteiger partial charge >= 0.3 is 0 Å². The van der Waals surface area contributed by atoms with Crippen LogP contribution in [0.25, 0.3) is 11.3 Å². The molecule has 0 saturated heterocycles. The third kappa shape index (κ3) is 1.60. The molecule has 2 aromatic rings. The van der Waals surface area contributed by atoms with Crippen molar-refractivity contribution in [1.82, 2.24) is 0 Å². The minimum Gasteiger partial charge on any atom is -0.464 e. The maximum atomic E-state index is 5.66. The molecule has 0 spiro atoms. The molecule has 0 saturated carbocycles. The molecule has 0 aliphatic heterocycles.